The zero-order valence-corrected chi connectivity index (χ0v) is 10.9. The molecular formula is C10H23NO3S. The van der Waals surface area contributed by atoms with Crippen LogP contribution in [0.1, 0.15) is 40.5 Å². The zero-order valence-electron chi connectivity index (χ0n) is 10.1. The third-order valence-corrected chi connectivity index (χ3v) is 3.52. The molecule has 0 aliphatic heterocycles. The number of hydrogen-bond acceptors (Lipinski definition) is 3. The van der Waals surface area contributed by atoms with Gasteiger partial charge in [0.05, 0.1) is 11.4 Å². The van der Waals surface area contributed by atoms with Crippen LogP contribution in [0.25, 0.3) is 0 Å². The molecule has 0 aliphatic rings. The van der Waals surface area contributed by atoms with E-state index in [0.29, 0.717) is 18.8 Å². The van der Waals surface area contributed by atoms with Gasteiger partial charge in [0.1, 0.15) is 0 Å². The van der Waals surface area contributed by atoms with Gasteiger partial charge in [-0.15, -0.1) is 0 Å². The van der Waals surface area contributed by atoms with Crippen molar-refractivity contribution in [3.05, 3.63) is 0 Å². The first-order chi connectivity index (χ1) is 6.68. The van der Waals surface area contributed by atoms with E-state index in [9.17, 15) is 13.5 Å². The Bertz CT molecular complexity index is 270. The van der Waals surface area contributed by atoms with Gasteiger partial charge in [-0.05, 0) is 25.7 Å². The first kappa shape index (κ1) is 14.9. The van der Waals surface area contributed by atoms with Gasteiger partial charge in [0.2, 0.25) is 10.0 Å². The lowest BCUT2D eigenvalue weighted by Gasteiger charge is -2.25. The molecule has 4 nitrogen and oxygen atoms in total. The summed E-state index contributed by atoms with van der Waals surface area (Å²) in [6.07, 6.45) is 1.17. The minimum absolute atomic E-state index is 0.0908. The Balaban J connectivity index is 4.14. The second-order valence-corrected chi connectivity index (χ2v) is 6.66. The first-order valence-corrected chi connectivity index (χ1v) is 7.03. The molecule has 0 spiro atoms. The molecule has 0 rings (SSSR count). The van der Waals surface area contributed by atoms with E-state index in [1.807, 2.05) is 20.8 Å². The fourth-order valence-electron chi connectivity index (χ4n) is 1.56. The third-order valence-electron chi connectivity index (χ3n) is 1.99. The molecule has 5 heteroatoms. The van der Waals surface area contributed by atoms with Crippen molar-refractivity contribution in [3.63, 3.8) is 0 Å². The van der Waals surface area contributed by atoms with Crippen molar-refractivity contribution in [2.45, 2.75) is 46.1 Å². The summed E-state index contributed by atoms with van der Waals surface area (Å²) in [6.45, 7) is 7.55. The van der Waals surface area contributed by atoms with Gasteiger partial charge in [0, 0.05) is 6.54 Å². The molecule has 0 aliphatic carbocycles. The number of rotatable bonds is 7. The fourth-order valence-corrected chi connectivity index (χ4v) is 2.77. The third kappa shape index (κ3) is 7.76. The number of sulfonamides is 1. The highest BCUT2D eigenvalue weighted by Crippen LogP contribution is 2.15. The minimum atomic E-state index is -3.21. The Morgan fingerprint density at radius 1 is 1.40 bits per heavy atom. The minimum Gasteiger partial charge on any atom is -0.389 e. The van der Waals surface area contributed by atoms with Crippen LogP contribution in [0.2, 0.25) is 0 Å². The van der Waals surface area contributed by atoms with Crippen molar-refractivity contribution in [3.8, 4) is 0 Å². The molecule has 0 heterocycles. The summed E-state index contributed by atoms with van der Waals surface area (Å²) < 4.78 is 25.1. The van der Waals surface area contributed by atoms with Crippen LogP contribution in [0.15, 0.2) is 0 Å². The molecule has 92 valence electrons. The Labute approximate surface area is 93.1 Å². The lowest BCUT2D eigenvalue weighted by atomic mass is 9.95. The average molecular weight is 237 g/mol. The van der Waals surface area contributed by atoms with Crippen LogP contribution >= 0.6 is 0 Å². The maximum absolute atomic E-state index is 11.3. The molecule has 0 saturated carbocycles. The SMILES string of the molecule is CCCS(=O)(=O)NCC(C)(O)CC(C)C. The summed E-state index contributed by atoms with van der Waals surface area (Å²) in [7, 11) is -3.21. The molecule has 0 radical (unpaired) electrons. The van der Waals surface area contributed by atoms with Crippen LogP contribution in [-0.4, -0.2) is 31.4 Å². The van der Waals surface area contributed by atoms with E-state index in [1.54, 1.807) is 6.92 Å². The van der Waals surface area contributed by atoms with Crippen molar-refractivity contribution in [2.75, 3.05) is 12.3 Å². The van der Waals surface area contributed by atoms with Gasteiger partial charge in [-0.1, -0.05) is 20.8 Å². The van der Waals surface area contributed by atoms with Crippen LogP contribution < -0.4 is 4.72 Å². The van der Waals surface area contributed by atoms with E-state index in [0.717, 1.165) is 0 Å². The zero-order chi connectivity index (χ0) is 12.1. The molecule has 0 bridgehead atoms. The summed E-state index contributed by atoms with van der Waals surface area (Å²) in [4.78, 5) is 0. The highest BCUT2D eigenvalue weighted by atomic mass is 32.2. The van der Waals surface area contributed by atoms with Crippen molar-refractivity contribution in [1.82, 2.24) is 4.72 Å². The normalized spacial score (nSPS) is 16.7. The number of hydrogen-bond donors (Lipinski definition) is 2. The summed E-state index contributed by atoms with van der Waals surface area (Å²) >= 11 is 0. The van der Waals surface area contributed by atoms with Gasteiger partial charge in [-0.25, -0.2) is 13.1 Å². The molecule has 15 heavy (non-hydrogen) atoms. The van der Waals surface area contributed by atoms with Crippen LogP contribution in [0.5, 0.6) is 0 Å². The smallest absolute Gasteiger partial charge is 0.211 e. The molecule has 2 N–H and O–H groups in total. The Morgan fingerprint density at radius 3 is 2.33 bits per heavy atom. The summed E-state index contributed by atoms with van der Waals surface area (Å²) in [5.74, 6) is 0.459. The Hall–Kier alpha value is -0.130. The van der Waals surface area contributed by atoms with E-state index >= 15 is 0 Å². The molecule has 0 amide bonds. The Kier molecular flexibility index (Phi) is 5.77. The van der Waals surface area contributed by atoms with Gasteiger partial charge in [-0.3, -0.25) is 0 Å². The summed E-state index contributed by atoms with van der Waals surface area (Å²) in [6, 6.07) is 0. The first-order valence-electron chi connectivity index (χ1n) is 5.38. The van der Waals surface area contributed by atoms with Crippen LogP contribution in [-0.2, 0) is 10.0 Å². The van der Waals surface area contributed by atoms with Crippen LogP contribution in [0.4, 0.5) is 0 Å². The molecule has 1 atom stereocenters. The summed E-state index contributed by atoms with van der Waals surface area (Å²) in [5, 5.41) is 9.89. The predicted molar refractivity (Wildman–Crippen MR) is 62.2 cm³/mol. The van der Waals surface area contributed by atoms with Crippen molar-refractivity contribution in [1.29, 1.82) is 0 Å². The van der Waals surface area contributed by atoms with E-state index < -0.39 is 15.6 Å². The van der Waals surface area contributed by atoms with E-state index in [4.69, 9.17) is 0 Å². The second kappa shape index (κ2) is 5.82. The monoisotopic (exact) mass is 237 g/mol. The van der Waals surface area contributed by atoms with Gasteiger partial charge < -0.3 is 5.11 Å². The molecule has 0 aromatic heterocycles. The quantitative estimate of drug-likeness (QED) is 0.697. The topological polar surface area (TPSA) is 66.4 Å². The molecule has 0 aromatic carbocycles. The number of aliphatic hydroxyl groups is 1. The molecule has 0 fully saturated rings. The standard InChI is InChI=1S/C10H23NO3S/c1-5-6-15(13,14)11-8-10(4,12)7-9(2)3/h9,11-12H,5-8H2,1-4H3. The lowest BCUT2D eigenvalue weighted by Crippen LogP contribution is -2.42. The highest BCUT2D eigenvalue weighted by Gasteiger charge is 2.23. The van der Waals surface area contributed by atoms with E-state index in [-0.39, 0.29) is 12.3 Å². The van der Waals surface area contributed by atoms with Gasteiger partial charge in [-0.2, -0.15) is 0 Å². The molecule has 0 saturated heterocycles. The molecular weight excluding hydrogens is 214 g/mol. The summed E-state index contributed by atoms with van der Waals surface area (Å²) in [5.41, 5.74) is -0.963. The van der Waals surface area contributed by atoms with Crippen LogP contribution in [0.3, 0.4) is 0 Å². The van der Waals surface area contributed by atoms with Crippen molar-refractivity contribution in [2.24, 2.45) is 5.92 Å². The second-order valence-electron chi connectivity index (χ2n) is 4.73. The van der Waals surface area contributed by atoms with Gasteiger partial charge in [0.15, 0.2) is 0 Å². The van der Waals surface area contributed by atoms with Crippen LogP contribution in [0, 0.1) is 5.92 Å². The Morgan fingerprint density at radius 2 is 1.93 bits per heavy atom. The van der Waals surface area contributed by atoms with E-state index in [2.05, 4.69) is 4.72 Å². The predicted octanol–water partition coefficient (Wildman–Crippen LogP) is 1.11. The fraction of sp³-hybridized carbons (Fsp3) is 1.00. The molecule has 1 unspecified atom stereocenters. The largest absolute Gasteiger partial charge is 0.389 e. The van der Waals surface area contributed by atoms with Gasteiger partial charge >= 0.3 is 0 Å². The van der Waals surface area contributed by atoms with E-state index in [1.165, 1.54) is 0 Å². The maximum Gasteiger partial charge on any atom is 0.211 e. The van der Waals surface area contributed by atoms with Crippen molar-refractivity contribution >= 4 is 10.0 Å². The van der Waals surface area contributed by atoms with Gasteiger partial charge in [0.25, 0.3) is 0 Å². The maximum atomic E-state index is 11.3. The lowest BCUT2D eigenvalue weighted by molar-refractivity contribution is 0.0437. The van der Waals surface area contributed by atoms with Crippen molar-refractivity contribution < 1.29 is 13.5 Å². The number of nitrogens with one attached hydrogen (secondary N) is 1. The molecule has 0 aromatic rings. The highest BCUT2D eigenvalue weighted by molar-refractivity contribution is 7.89. The average Bonchev–Trinajstić information content (AvgIpc) is 1.99.